The number of carbonyl (C=O) groups excluding carboxylic acids is 1. The molecule has 0 aliphatic heterocycles. The van der Waals surface area contributed by atoms with Crippen molar-refractivity contribution in [2.45, 2.75) is 6.42 Å². The maximum absolute atomic E-state index is 11.3. The molecule has 1 nitrogen and oxygen atoms in total. The summed E-state index contributed by atoms with van der Waals surface area (Å²) in [5.41, 5.74) is 2.34. The predicted octanol–water partition coefficient (Wildman–Crippen LogP) is 3.40. The summed E-state index contributed by atoms with van der Waals surface area (Å²) in [6.07, 6.45) is 4.15. The molecule has 16 heavy (non-hydrogen) atoms. The van der Waals surface area contributed by atoms with Crippen LogP contribution in [0.3, 0.4) is 0 Å². The van der Waals surface area contributed by atoms with Crippen LogP contribution in [0.15, 0.2) is 42.5 Å². The first-order valence-electron chi connectivity index (χ1n) is 5.06. The standard InChI is InChI=1S/C14H10O.ClH/c15-12-7-8-14-11(9-12)6-5-10-3-1-2-4-13(10)14;/h1-8H,9H2;1H. The molecule has 0 amide bonds. The third kappa shape index (κ3) is 1.63. The summed E-state index contributed by atoms with van der Waals surface area (Å²) in [7, 11) is 0. The predicted molar refractivity (Wildman–Crippen MR) is 68.9 cm³/mol. The summed E-state index contributed by atoms with van der Waals surface area (Å²) in [6, 6.07) is 12.4. The van der Waals surface area contributed by atoms with Crippen molar-refractivity contribution in [2.24, 2.45) is 0 Å². The summed E-state index contributed by atoms with van der Waals surface area (Å²) >= 11 is 0. The van der Waals surface area contributed by atoms with Crippen LogP contribution in [-0.4, -0.2) is 5.78 Å². The Bertz CT molecular complexity index is 584. The molecule has 0 fully saturated rings. The van der Waals surface area contributed by atoms with Gasteiger partial charge in [-0.25, -0.2) is 0 Å². The molecule has 0 heterocycles. The Kier molecular flexibility index (Phi) is 2.80. The highest BCUT2D eigenvalue weighted by molar-refractivity contribution is 6.03. The zero-order valence-corrected chi connectivity index (χ0v) is 9.46. The van der Waals surface area contributed by atoms with Crippen molar-refractivity contribution < 1.29 is 4.79 Å². The Hall–Kier alpha value is -1.60. The molecular formula is C14H11ClO. The molecule has 0 saturated heterocycles. The maximum atomic E-state index is 11.3. The summed E-state index contributed by atoms with van der Waals surface area (Å²) in [6.45, 7) is 0. The normalized spacial score (nSPS) is 13.4. The van der Waals surface area contributed by atoms with Crippen LogP contribution in [0.1, 0.15) is 11.1 Å². The van der Waals surface area contributed by atoms with Crippen LogP contribution in [-0.2, 0) is 11.2 Å². The van der Waals surface area contributed by atoms with E-state index in [1.54, 1.807) is 6.08 Å². The zero-order chi connectivity index (χ0) is 10.3. The average molecular weight is 231 g/mol. The van der Waals surface area contributed by atoms with Gasteiger partial charge in [-0.15, -0.1) is 12.4 Å². The molecule has 0 atom stereocenters. The highest BCUT2D eigenvalue weighted by atomic mass is 35.5. The van der Waals surface area contributed by atoms with Crippen molar-refractivity contribution in [1.82, 2.24) is 0 Å². The van der Waals surface area contributed by atoms with Crippen LogP contribution in [0.5, 0.6) is 0 Å². The van der Waals surface area contributed by atoms with Gasteiger partial charge >= 0.3 is 0 Å². The lowest BCUT2D eigenvalue weighted by Crippen LogP contribution is -2.05. The minimum atomic E-state index is 0. The zero-order valence-electron chi connectivity index (χ0n) is 8.64. The molecule has 0 bridgehead atoms. The number of hydrogen-bond acceptors (Lipinski definition) is 1. The lowest BCUT2D eigenvalue weighted by molar-refractivity contribution is -0.114. The molecule has 0 unspecified atom stereocenters. The third-order valence-electron chi connectivity index (χ3n) is 2.86. The van der Waals surface area contributed by atoms with Gasteiger partial charge in [0.05, 0.1) is 0 Å². The van der Waals surface area contributed by atoms with E-state index in [0.29, 0.717) is 6.42 Å². The molecule has 80 valence electrons. The van der Waals surface area contributed by atoms with E-state index >= 15 is 0 Å². The van der Waals surface area contributed by atoms with Gasteiger partial charge < -0.3 is 0 Å². The Balaban J connectivity index is 0.000000963. The quantitative estimate of drug-likeness (QED) is 0.678. The number of carbonyl (C=O) groups is 1. The maximum Gasteiger partial charge on any atom is 0.160 e. The largest absolute Gasteiger partial charge is 0.294 e. The number of halogens is 1. The van der Waals surface area contributed by atoms with Crippen molar-refractivity contribution in [2.75, 3.05) is 0 Å². The average Bonchev–Trinajstić information content (AvgIpc) is 2.28. The molecule has 0 aromatic heterocycles. The second-order valence-corrected chi connectivity index (χ2v) is 3.84. The molecule has 0 radical (unpaired) electrons. The van der Waals surface area contributed by atoms with E-state index in [4.69, 9.17) is 0 Å². The van der Waals surface area contributed by atoms with E-state index in [-0.39, 0.29) is 18.2 Å². The van der Waals surface area contributed by atoms with Gasteiger partial charge in [0.15, 0.2) is 5.78 Å². The Labute approximate surface area is 100 Å². The SMILES string of the molecule is Cl.O=C1C=Cc2c(ccc3ccccc23)C1. The number of allylic oxidation sites excluding steroid dienone is 1. The first-order chi connectivity index (χ1) is 7.34. The number of benzene rings is 2. The van der Waals surface area contributed by atoms with Crippen LogP contribution in [0.4, 0.5) is 0 Å². The molecule has 0 saturated carbocycles. The van der Waals surface area contributed by atoms with Crippen molar-refractivity contribution in [3.05, 3.63) is 53.6 Å². The number of hydrogen-bond donors (Lipinski definition) is 0. The van der Waals surface area contributed by atoms with Gasteiger partial charge in [0, 0.05) is 6.42 Å². The Morgan fingerprint density at radius 3 is 2.62 bits per heavy atom. The molecule has 1 aliphatic carbocycles. The van der Waals surface area contributed by atoms with Crippen LogP contribution in [0.25, 0.3) is 16.8 Å². The second kappa shape index (κ2) is 4.11. The van der Waals surface area contributed by atoms with Gasteiger partial charge in [0.25, 0.3) is 0 Å². The summed E-state index contributed by atoms with van der Waals surface area (Å²) in [5.74, 6) is 0.192. The molecule has 2 heteroatoms. The molecule has 2 aromatic carbocycles. The minimum Gasteiger partial charge on any atom is -0.294 e. The minimum absolute atomic E-state index is 0. The van der Waals surface area contributed by atoms with Crippen molar-refractivity contribution in [3.63, 3.8) is 0 Å². The smallest absolute Gasteiger partial charge is 0.160 e. The topological polar surface area (TPSA) is 17.1 Å². The lowest BCUT2D eigenvalue weighted by atomic mass is 9.92. The Morgan fingerprint density at radius 2 is 1.75 bits per heavy atom. The number of ketones is 1. The van der Waals surface area contributed by atoms with E-state index < -0.39 is 0 Å². The fourth-order valence-electron chi connectivity index (χ4n) is 2.11. The fourth-order valence-corrected chi connectivity index (χ4v) is 2.11. The van der Waals surface area contributed by atoms with E-state index in [1.165, 1.54) is 16.3 Å². The summed E-state index contributed by atoms with van der Waals surface area (Å²) in [4.78, 5) is 11.3. The number of fused-ring (bicyclic) bond motifs is 3. The van der Waals surface area contributed by atoms with E-state index in [0.717, 1.165) is 5.56 Å². The third-order valence-corrected chi connectivity index (χ3v) is 2.86. The van der Waals surface area contributed by atoms with Crippen LogP contribution < -0.4 is 0 Å². The fraction of sp³-hybridized carbons (Fsp3) is 0.0714. The monoisotopic (exact) mass is 230 g/mol. The molecule has 2 aromatic rings. The van der Waals surface area contributed by atoms with Gasteiger partial charge in [-0.3, -0.25) is 4.79 Å². The highest BCUT2D eigenvalue weighted by Crippen LogP contribution is 2.26. The molecular weight excluding hydrogens is 220 g/mol. The second-order valence-electron chi connectivity index (χ2n) is 3.84. The number of rotatable bonds is 0. The Morgan fingerprint density at radius 1 is 0.938 bits per heavy atom. The van der Waals surface area contributed by atoms with E-state index in [9.17, 15) is 4.79 Å². The van der Waals surface area contributed by atoms with Gasteiger partial charge in [0.2, 0.25) is 0 Å². The van der Waals surface area contributed by atoms with Gasteiger partial charge in [0.1, 0.15) is 0 Å². The summed E-state index contributed by atoms with van der Waals surface area (Å²) in [5, 5.41) is 2.47. The van der Waals surface area contributed by atoms with Crippen molar-refractivity contribution >= 4 is 35.0 Å². The first-order valence-corrected chi connectivity index (χ1v) is 5.06. The van der Waals surface area contributed by atoms with Crippen LogP contribution in [0, 0.1) is 0 Å². The molecule has 0 N–H and O–H groups in total. The van der Waals surface area contributed by atoms with Crippen molar-refractivity contribution in [1.29, 1.82) is 0 Å². The van der Waals surface area contributed by atoms with Gasteiger partial charge in [-0.2, -0.15) is 0 Å². The van der Waals surface area contributed by atoms with Crippen molar-refractivity contribution in [3.8, 4) is 0 Å². The van der Waals surface area contributed by atoms with E-state index in [1.807, 2.05) is 18.2 Å². The molecule has 3 rings (SSSR count). The van der Waals surface area contributed by atoms with Crippen LogP contribution >= 0.6 is 12.4 Å². The highest BCUT2D eigenvalue weighted by Gasteiger charge is 2.11. The molecule has 1 aliphatic rings. The summed E-state index contributed by atoms with van der Waals surface area (Å²) < 4.78 is 0. The van der Waals surface area contributed by atoms with Crippen LogP contribution in [0.2, 0.25) is 0 Å². The van der Waals surface area contributed by atoms with Gasteiger partial charge in [-0.05, 0) is 28.0 Å². The lowest BCUT2D eigenvalue weighted by Gasteiger charge is -2.12. The van der Waals surface area contributed by atoms with Gasteiger partial charge in [-0.1, -0.05) is 42.5 Å². The first kappa shape index (κ1) is 10.9. The van der Waals surface area contributed by atoms with E-state index in [2.05, 4.69) is 24.3 Å². The molecule has 0 spiro atoms.